The van der Waals surface area contributed by atoms with Gasteiger partial charge in [-0.25, -0.2) is 10.9 Å². The average molecular weight is 280 g/mol. The highest BCUT2D eigenvalue weighted by atomic mass is 32.2. The Balaban J connectivity index is 1.75. The molecule has 0 spiro atoms. The summed E-state index contributed by atoms with van der Waals surface area (Å²) in [5.74, 6) is 0.0682. The molecule has 7 heteroatoms. The molecule has 1 fully saturated rings. The number of rotatable bonds is 4. The molecule has 0 aromatic heterocycles. The Labute approximate surface area is 115 Å². The summed E-state index contributed by atoms with van der Waals surface area (Å²) < 4.78 is 0. The number of thioether (sulfide) groups is 1. The maximum atomic E-state index is 11.7. The molecule has 1 saturated heterocycles. The molecule has 2 rings (SSSR count). The zero-order valence-electron chi connectivity index (χ0n) is 10.5. The van der Waals surface area contributed by atoms with E-state index in [9.17, 15) is 9.59 Å². The molecule has 19 heavy (non-hydrogen) atoms. The summed E-state index contributed by atoms with van der Waals surface area (Å²) in [6, 6.07) is 7.60. The predicted molar refractivity (Wildman–Crippen MR) is 75.3 cm³/mol. The van der Waals surface area contributed by atoms with Gasteiger partial charge in [0, 0.05) is 5.69 Å². The molecule has 6 nitrogen and oxygen atoms in total. The van der Waals surface area contributed by atoms with Crippen molar-refractivity contribution in [2.75, 3.05) is 17.6 Å². The number of anilines is 1. The summed E-state index contributed by atoms with van der Waals surface area (Å²) in [7, 11) is 0. The number of amides is 2. The lowest BCUT2D eigenvalue weighted by molar-refractivity contribution is -0.122. The van der Waals surface area contributed by atoms with Crippen LogP contribution in [0.4, 0.5) is 5.69 Å². The SMILES string of the molecule is Cc1ccc(NC(=O)CSC2NNCC(=O)N2)cc1. The highest BCUT2D eigenvalue weighted by molar-refractivity contribution is 8.00. The molecule has 102 valence electrons. The van der Waals surface area contributed by atoms with Crippen molar-refractivity contribution in [3.05, 3.63) is 29.8 Å². The second-order valence-electron chi connectivity index (χ2n) is 4.17. The minimum atomic E-state index is -0.287. The predicted octanol–water partition coefficient (Wildman–Crippen LogP) is 0.174. The fourth-order valence-corrected chi connectivity index (χ4v) is 2.31. The minimum absolute atomic E-state index is 0.0878. The lowest BCUT2D eigenvalue weighted by Crippen LogP contribution is -2.58. The number of benzene rings is 1. The van der Waals surface area contributed by atoms with Gasteiger partial charge >= 0.3 is 0 Å². The fourth-order valence-electron chi connectivity index (χ4n) is 1.53. The summed E-state index contributed by atoms with van der Waals surface area (Å²) in [5, 5.41) is 5.51. The van der Waals surface area contributed by atoms with Crippen molar-refractivity contribution in [2.24, 2.45) is 0 Å². The highest BCUT2D eigenvalue weighted by Gasteiger charge is 2.18. The molecule has 0 bridgehead atoms. The number of carbonyl (C=O) groups excluding carboxylic acids is 2. The molecule has 1 aliphatic rings. The van der Waals surface area contributed by atoms with Crippen LogP contribution in [0.25, 0.3) is 0 Å². The van der Waals surface area contributed by atoms with Crippen LogP contribution in [0.3, 0.4) is 0 Å². The van der Waals surface area contributed by atoms with Gasteiger partial charge in [-0.1, -0.05) is 17.7 Å². The standard InChI is InChI=1S/C12H16N4O2S/c1-8-2-4-9(5-3-8)14-11(18)7-19-12-15-10(17)6-13-16-12/h2-5,12-13,16H,6-7H2,1H3,(H,14,18)(H,15,17). The Morgan fingerprint density at radius 2 is 2.16 bits per heavy atom. The summed E-state index contributed by atoms with van der Waals surface area (Å²) in [6.45, 7) is 2.23. The van der Waals surface area contributed by atoms with Gasteiger partial charge in [-0.15, -0.1) is 11.8 Å². The van der Waals surface area contributed by atoms with E-state index in [-0.39, 0.29) is 29.6 Å². The molecule has 1 aliphatic heterocycles. The molecule has 0 radical (unpaired) electrons. The van der Waals surface area contributed by atoms with E-state index < -0.39 is 0 Å². The van der Waals surface area contributed by atoms with Crippen molar-refractivity contribution in [2.45, 2.75) is 12.4 Å². The third-order valence-corrected chi connectivity index (χ3v) is 3.49. The molecular formula is C12H16N4O2S. The highest BCUT2D eigenvalue weighted by Crippen LogP contribution is 2.11. The number of carbonyl (C=O) groups is 2. The molecule has 1 aromatic carbocycles. The maximum absolute atomic E-state index is 11.7. The normalized spacial score (nSPS) is 18.8. The van der Waals surface area contributed by atoms with Crippen molar-refractivity contribution in [3.63, 3.8) is 0 Å². The first-order valence-corrected chi connectivity index (χ1v) is 6.94. The Morgan fingerprint density at radius 3 is 2.84 bits per heavy atom. The monoisotopic (exact) mass is 280 g/mol. The van der Waals surface area contributed by atoms with E-state index in [4.69, 9.17) is 0 Å². The number of hydrogen-bond donors (Lipinski definition) is 4. The summed E-state index contributed by atoms with van der Waals surface area (Å²) in [4.78, 5) is 22.8. The van der Waals surface area contributed by atoms with Gasteiger partial charge in [0.25, 0.3) is 0 Å². The van der Waals surface area contributed by atoms with Gasteiger partial charge < -0.3 is 10.6 Å². The van der Waals surface area contributed by atoms with E-state index in [0.29, 0.717) is 0 Å². The molecule has 0 aliphatic carbocycles. The second-order valence-corrected chi connectivity index (χ2v) is 5.26. The van der Waals surface area contributed by atoms with Crippen LogP contribution in [-0.2, 0) is 9.59 Å². The third-order valence-electron chi connectivity index (χ3n) is 2.49. The maximum Gasteiger partial charge on any atom is 0.237 e. The summed E-state index contributed by atoms with van der Waals surface area (Å²) >= 11 is 1.31. The van der Waals surface area contributed by atoms with Gasteiger partial charge in [-0.3, -0.25) is 9.59 Å². The van der Waals surface area contributed by atoms with Gasteiger partial charge in [0.1, 0.15) is 5.50 Å². The van der Waals surface area contributed by atoms with Crippen molar-refractivity contribution in [3.8, 4) is 0 Å². The third kappa shape index (κ3) is 4.55. The topological polar surface area (TPSA) is 82.3 Å². The van der Waals surface area contributed by atoms with Crippen molar-refractivity contribution >= 4 is 29.3 Å². The van der Waals surface area contributed by atoms with Crippen LogP contribution in [0, 0.1) is 6.92 Å². The Morgan fingerprint density at radius 1 is 1.42 bits per heavy atom. The molecule has 1 heterocycles. The van der Waals surface area contributed by atoms with Crippen LogP contribution >= 0.6 is 11.8 Å². The van der Waals surface area contributed by atoms with Gasteiger partial charge in [-0.2, -0.15) is 0 Å². The van der Waals surface area contributed by atoms with E-state index in [1.807, 2.05) is 31.2 Å². The lowest BCUT2D eigenvalue weighted by Gasteiger charge is -2.24. The first-order chi connectivity index (χ1) is 9.13. The van der Waals surface area contributed by atoms with Crippen LogP contribution in [0.1, 0.15) is 5.56 Å². The van der Waals surface area contributed by atoms with E-state index in [0.717, 1.165) is 11.3 Å². The average Bonchev–Trinajstić information content (AvgIpc) is 2.39. The second kappa shape index (κ2) is 6.55. The first kappa shape index (κ1) is 13.9. The van der Waals surface area contributed by atoms with Gasteiger partial charge in [-0.05, 0) is 19.1 Å². The van der Waals surface area contributed by atoms with Crippen LogP contribution in [0.2, 0.25) is 0 Å². The quantitative estimate of drug-likeness (QED) is 0.632. The van der Waals surface area contributed by atoms with E-state index in [1.165, 1.54) is 11.8 Å². The number of hydrogen-bond acceptors (Lipinski definition) is 5. The number of nitrogens with one attached hydrogen (secondary N) is 4. The van der Waals surface area contributed by atoms with Crippen molar-refractivity contribution in [1.82, 2.24) is 16.2 Å². The van der Waals surface area contributed by atoms with Crippen LogP contribution in [0.15, 0.2) is 24.3 Å². The first-order valence-electron chi connectivity index (χ1n) is 5.89. The Kier molecular flexibility index (Phi) is 4.78. The molecule has 1 aromatic rings. The smallest absolute Gasteiger partial charge is 0.237 e. The van der Waals surface area contributed by atoms with Crippen LogP contribution < -0.4 is 21.5 Å². The van der Waals surface area contributed by atoms with Gasteiger partial charge in [0.15, 0.2) is 0 Å². The van der Waals surface area contributed by atoms with E-state index >= 15 is 0 Å². The van der Waals surface area contributed by atoms with Crippen LogP contribution in [-0.4, -0.2) is 29.6 Å². The largest absolute Gasteiger partial charge is 0.330 e. The number of hydrazine groups is 1. The lowest BCUT2D eigenvalue weighted by atomic mass is 10.2. The molecule has 1 atom stereocenters. The molecule has 0 saturated carbocycles. The van der Waals surface area contributed by atoms with Crippen LogP contribution in [0.5, 0.6) is 0 Å². The molecule has 4 N–H and O–H groups in total. The number of aryl methyl sites for hydroxylation is 1. The summed E-state index contributed by atoms with van der Waals surface area (Å²) in [6.07, 6.45) is 0. The van der Waals surface area contributed by atoms with Crippen molar-refractivity contribution in [1.29, 1.82) is 0 Å². The molecule has 2 amide bonds. The molecular weight excluding hydrogens is 264 g/mol. The van der Waals surface area contributed by atoms with Gasteiger partial charge in [0.05, 0.1) is 12.3 Å². The summed E-state index contributed by atoms with van der Waals surface area (Å²) in [5.41, 5.74) is 7.26. The fraction of sp³-hybridized carbons (Fsp3) is 0.333. The van der Waals surface area contributed by atoms with E-state index in [1.54, 1.807) is 0 Å². The Hall–Kier alpha value is -1.57. The minimum Gasteiger partial charge on any atom is -0.330 e. The molecule has 1 unspecified atom stereocenters. The van der Waals surface area contributed by atoms with Crippen molar-refractivity contribution < 1.29 is 9.59 Å². The Bertz CT molecular complexity index is 463. The zero-order valence-corrected chi connectivity index (χ0v) is 11.3. The van der Waals surface area contributed by atoms with Gasteiger partial charge in [0.2, 0.25) is 11.8 Å². The van der Waals surface area contributed by atoms with E-state index in [2.05, 4.69) is 21.5 Å². The zero-order chi connectivity index (χ0) is 13.7.